The summed E-state index contributed by atoms with van der Waals surface area (Å²) in [5.41, 5.74) is 6.76. The highest BCUT2D eigenvalue weighted by Gasteiger charge is 2.31. The smallest absolute Gasteiger partial charge is 0.203 e. The number of anilines is 3. The number of nitrogens with one attached hydrogen (secondary N) is 1. The largest absolute Gasteiger partial charge is 0.493 e. The van der Waals surface area contributed by atoms with E-state index < -0.39 is 0 Å². The van der Waals surface area contributed by atoms with Gasteiger partial charge in [0.1, 0.15) is 0 Å². The molecule has 1 aromatic heterocycles. The number of fused-ring (bicyclic) bond motifs is 1. The summed E-state index contributed by atoms with van der Waals surface area (Å²) in [6.07, 6.45) is 2.48. The lowest BCUT2D eigenvalue weighted by atomic mass is 9.97. The lowest BCUT2D eigenvalue weighted by Gasteiger charge is -2.24. The maximum Gasteiger partial charge on any atom is 0.203 e. The van der Waals surface area contributed by atoms with Gasteiger partial charge >= 0.3 is 0 Å². The number of para-hydroxylation sites is 1. The Balaban J connectivity index is 1.37. The van der Waals surface area contributed by atoms with E-state index in [9.17, 15) is 0 Å². The van der Waals surface area contributed by atoms with Crippen molar-refractivity contribution in [2.45, 2.75) is 12.5 Å². The van der Waals surface area contributed by atoms with Crippen LogP contribution < -0.4 is 24.5 Å². The van der Waals surface area contributed by atoms with Crippen LogP contribution in [0.2, 0.25) is 5.02 Å². The Morgan fingerprint density at radius 3 is 2.34 bits per heavy atom. The van der Waals surface area contributed by atoms with Gasteiger partial charge in [0.15, 0.2) is 11.5 Å². The zero-order valence-electron chi connectivity index (χ0n) is 23.0. The molecule has 0 aliphatic carbocycles. The highest BCUT2D eigenvalue weighted by molar-refractivity contribution is 6.31. The van der Waals surface area contributed by atoms with Crippen molar-refractivity contribution in [2.75, 3.05) is 31.7 Å². The third-order valence-electron chi connectivity index (χ3n) is 7.18. The van der Waals surface area contributed by atoms with Gasteiger partial charge in [0.05, 0.1) is 44.3 Å². The van der Waals surface area contributed by atoms with E-state index >= 15 is 0 Å². The van der Waals surface area contributed by atoms with Crippen molar-refractivity contribution >= 4 is 45.3 Å². The number of nitrogens with zero attached hydrogens (tertiary/aromatic N) is 3. The number of aromatic nitrogens is 1. The van der Waals surface area contributed by atoms with E-state index in [1.54, 1.807) is 27.5 Å². The Labute approximate surface area is 244 Å². The predicted molar refractivity (Wildman–Crippen MR) is 165 cm³/mol. The minimum atomic E-state index is -0.0266. The topological polar surface area (TPSA) is 68.2 Å². The van der Waals surface area contributed by atoms with E-state index in [1.165, 1.54) is 0 Å². The van der Waals surface area contributed by atoms with Crippen LogP contribution in [0.3, 0.4) is 0 Å². The molecule has 7 nitrogen and oxygen atoms in total. The first kappa shape index (κ1) is 26.5. The molecule has 0 saturated heterocycles. The van der Waals surface area contributed by atoms with Gasteiger partial charge in [0.25, 0.3) is 0 Å². The Bertz CT molecular complexity index is 1720. The van der Waals surface area contributed by atoms with E-state index in [0.29, 0.717) is 28.7 Å². The Hall–Kier alpha value is -4.75. The first-order valence-electron chi connectivity index (χ1n) is 13.2. The first-order valence-corrected chi connectivity index (χ1v) is 13.6. The zero-order chi connectivity index (χ0) is 28.3. The molecule has 2 heterocycles. The van der Waals surface area contributed by atoms with Crippen LogP contribution in [0, 0.1) is 0 Å². The molecule has 206 valence electrons. The van der Waals surface area contributed by atoms with Gasteiger partial charge in [-0.1, -0.05) is 41.9 Å². The Kier molecular flexibility index (Phi) is 7.35. The van der Waals surface area contributed by atoms with Gasteiger partial charge in [-0.2, -0.15) is 5.10 Å². The van der Waals surface area contributed by atoms with Gasteiger partial charge in [-0.3, -0.25) is 9.99 Å². The molecule has 1 N–H and O–H groups in total. The number of hydrogen-bond donors (Lipinski definition) is 1. The summed E-state index contributed by atoms with van der Waals surface area (Å²) in [5.74, 6) is 1.74. The molecule has 0 fully saturated rings. The number of ether oxygens (including phenoxy) is 3. The molecule has 1 aliphatic rings. The van der Waals surface area contributed by atoms with E-state index in [-0.39, 0.29) is 6.04 Å². The van der Waals surface area contributed by atoms with Crippen LogP contribution in [0.5, 0.6) is 17.2 Å². The third-order valence-corrected chi connectivity index (χ3v) is 7.42. The van der Waals surface area contributed by atoms with Crippen LogP contribution in [-0.4, -0.2) is 32.0 Å². The van der Waals surface area contributed by atoms with Gasteiger partial charge in [-0.15, -0.1) is 0 Å². The van der Waals surface area contributed by atoms with Crippen LogP contribution in [0.4, 0.5) is 17.1 Å². The summed E-state index contributed by atoms with van der Waals surface area (Å²) >= 11 is 6.20. The molecule has 1 aliphatic heterocycles. The second kappa shape index (κ2) is 11.4. The molecule has 1 unspecified atom stereocenters. The maximum absolute atomic E-state index is 6.20. The predicted octanol–water partition coefficient (Wildman–Crippen LogP) is 8.01. The SMILES string of the molecule is COc1cc(C2=NN(c3ccccc3)C(c3cccc(Nc4ccnc5cc(Cl)ccc45)c3)C2)cc(OC)c1OC. The molecule has 5 aromatic rings. The fourth-order valence-corrected chi connectivity index (χ4v) is 5.39. The summed E-state index contributed by atoms with van der Waals surface area (Å²) < 4.78 is 16.8. The molecule has 8 heteroatoms. The van der Waals surface area contributed by atoms with Crippen molar-refractivity contribution < 1.29 is 14.2 Å². The number of rotatable bonds is 8. The van der Waals surface area contributed by atoms with Crippen LogP contribution in [0.15, 0.2) is 102 Å². The summed E-state index contributed by atoms with van der Waals surface area (Å²) in [5, 5.41) is 12.4. The summed E-state index contributed by atoms with van der Waals surface area (Å²) in [4.78, 5) is 4.47. The van der Waals surface area contributed by atoms with Crippen molar-refractivity contribution in [3.8, 4) is 17.2 Å². The molecule has 6 rings (SSSR count). The summed E-state index contributed by atoms with van der Waals surface area (Å²) in [6, 6.07) is 30.2. The number of halogens is 1. The van der Waals surface area contributed by atoms with Crippen molar-refractivity contribution in [1.82, 2.24) is 4.98 Å². The molecule has 41 heavy (non-hydrogen) atoms. The van der Waals surface area contributed by atoms with Crippen LogP contribution in [-0.2, 0) is 0 Å². The Morgan fingerprint density at radius 2 is 1.61 bits per heavy atom. The van der Waals surface area contributed by atoms with E-state index in [1.807, 2.05) is 54.6 Å². The third kappa shape index (κ3) is 5.24. The molecule has 0 radical (unpaired) electrons. The average molecular weight is 565 g/mol. The van der Waals surface area contributed by atoms with Crippen molar-refractivity contribution in [2.24, 2.45) is 5.10 Å². The van der Waals surface area contributed by atoms with Crippen molar-refractivity contribution in [3.63, 3.8) is 0 Å². The monoisotopic (exact) mass is 564 g/mol. The van der Waals surface area contributed by atoms with Gasteiger partial charge in [0.2, 0.25) is 5.75 Å². The molecule has 0 amide bonds. The minimum absolute atomic E-state index is 0.0266. The standard InChI is InChI=1S/C33H29ClN4O3/c1-39-31-17-22(18-32(40-2)33(31)41-3)28-20-30(38(37-28)25-10-5-4-6-11-25)21-8-7-9-24(16-21)36-27-14-15-35-29-19-23(34)12-13-26(27)29/h4-19,30H,20H2,1-3H3,(H,35,36). The molecule has 1 atom stereocenters. The second-order valence-electron chi connectivity index (χ2n) is 9.63. The minimum Gasteiger partial charge on any atom is -0.493 e. The van der Waals surface area contributed by atoms with E-state index in [2.05, 4.69) is 51.7 Å². The van der Waals surface area contributed by atoms with Crippen molar-refractivity contribution in [1.29, 1.82) is 0 Å². The highest BCUT2D eigenvalue weighted by Crippen LogP contribution is 2.42. The van der Waals surface area contributed by atoms with Crippen LogP contribution >= 0.6 is 11.6 Å². The molecule has 0 bridgehead atoms. The molecular formula is C33H29ClN4O3. The summed E-state index contributed by atoms with van der Waals surface area (Å²) in [6.45, 7) is 0. The van der Waals surface area contributed by atoms with Gasteiger partial charge < -0.3 is 19.5 Å². The molecular weight excluding hydrogens is 536 g/mol. The quantitative estimate of drug-likeness (QED) is 0.206. The molecule has 0 spiro atoms. The normalized spacial score (nSPS) is 14.6. The number of methoxy groups -OCH3 is 3. The van der Waals surface area contributed by atoms with Crippen molar-refractivity contribution in [3.05, 3.63) is 113 Å². The lowest BCUT2D eigenvalue weighted by Crippen LogP contribution is -2.18. The number of hydrogen-bond acceptors (Lipinski definition) is 7. The van der Waals surface area contributed by atoms with E-state index in [0.717, 1.165) is 44.8 Å². The van der Waals surface area contributed by atoms with Gasteiger partial charge in [0, 0.05) is 40.0 Å². The second-order valence-corrected chi connectivity index (χ2v) is 10.1. The summed E-state index contributed by atoms with van der Waals surface area (Å²) in [7, 11) is 4.84. The van der Waals surface area contributed by atoms with Gasteiger partial charge in [-0.25, -0.2) is 0 Å². The highest BCUT2D eigenvalue weighted by atomic mass is 35.5. The van der Waals surface area contributed by atoms with Gasteiger partial charge in [-0.05, 0) is 66.2 Å². The van der Waals surface area contributed by atoms with E-state index in [4.69, 9.17) is 30.9 Å². The number of hydrazone groups is 1. The fraction of sp³-hybridized carbons (Fsp3) is 0.152. The van der Waals surface area contributed by atoms with Crippen LogP contribution in [0.1, 0.15) is 23.6 Å². The molecule has 4 aromatic carbocycles. The molecule has 0 saturated carbocycles. The Morgan fingerprint density at radius 1 is 0.829 bits per heavy atom. The lowest BCUT2D eigenvalue weighted by molar-refractivity contribution is 0.324. The fourth-order valence-electron chi connectivity index (χ4n) is 5.22. The average Bonchev–Trinajstić information content (AvgIpc) is 3.46. The first-order chi connectivity index (χ1) is 20.1. The number of pyridine rings is 1. The van der Waals surface area contributed by atoms with Crippen LogP contribution in [0.25, 0.3) is 10.9 Å². The maximum atomic E-state index is 6.20. The zero-order valence-corrected chi connectivity index (χ0v) is 23.7. The number of benzene rings is 4.